The van der Waals surface area contributed by atoms with Crippen molar-refractivity contribution in [3.63, 3.8) is 0 Å². The molecule has 1 amide bonds. The molecular formula is C33H35ClN4O3S. The number of carbonyl (C=O) groups is 1. The molecule has 4 aromatic rings. The number of amides is 1. The van der Waals surface area contributed by atoms with Gasteiger partial charge in [0.25, 0.3) is 5.56 Å². The number of hydrogen-bond donors (Lipinski definition) is 2. The highest BCUT2D eigenvalue weighted by atomic mass is 35.5. The topological polar surface area (TPSA) is 85.2 Å². The maximum atomic E-state index is 13.7. The molecule has 218 valence electrons. The molecule has 1 aromatic heterocycles. The van der Waals surface area contributed by atoms with E-state index in [2.05, 4.69) is 27.9 Å². The molecule has 1 fully saturated rings. The van der Waals surface area contributed by atoms with Crippen molar-refractivity contribution in [3.05, 3.63) is 111 Å². The first-order chi connectivity index (χ1) is 20.4. The zero-order valence-electron chi connectivity index (χ0n) is 23.8. The number of nitrogens with one attached hydrogen (secondary N) is 2. The van der Waals surface area contributed by atoms with E-state index in [0.717, 1.165) is 17.9 Å². The van der Waals surface area contributed by atoms with Crippen LogP contribution in [0.3, 0.4) is 0 Å². The number of hydrogen-bond acceptors (Lipinski definition) is 6. The molecule has 3 atom stereocenters. The summed E-state index contributed by atoms with van der Waals surface area (Å²) in [5.74, 6) is 0.698. The van der Waals surface area contributed by atoms with Crippen LogP contribution in [0.5, 0.6) is 5.75 Å². The zero-order chi connectivity index (χ0) is 29.5. The van der Waals surface area contributed by atoms with Crippen molar-refractivity contribution in [2.24, 2.45) is 5.92 Å². The third-order valence-electron chi connectivity index (χ3n) is 7.72. The van der Waals surface area contributed by atoms with Gasteiger partial charge in [-0.2, -0.15) is 9.78 Å². The molecule has 9 heteroatoms. The number of piperidine rings is 1. The van der Waals surface area contributed by atoms with Crippen LogP contribution in [0.15, 0.2) is 99.6 Å². The second-order valence-electron chi connectivity index (χ2n) is 10.5. The molecule has 0 saturated carbocycles. The Balaban J connectivity index is 1.33. The second kappa shape index (κ2) is 14.1. The van der Waals surface area contributed by atoms with Crippen LogP contribution in [0.2, 0.25) is 5.02 Å². The molecule has 42 heavy (non-hydrogen) atoms. The highest BCUT2D eigenvalue weighted by Gasteiger charge is 2.31. The number of benzene rings is 3. The molecule has 7 nitrogen and oxygen atoms in total. The molecule has 0 bridgehead atoms. The van der Waals surface area contributed by atoms with Crippen LogP contribution in [0.25, 0.3) is 5.69 Å². The lowest BCUT2D eigenvalue weighted by Crippen LogP contribution is -2.45. The molecular weight excluding hydrogens is 568 g/mol. The summed E-state index contributed by atoms with van der Waals surface area (Å²) in [5.41, 5.74) is 2.32. The van der Waals surface area contributed by atoms with Crippen molar-refractivity contribution in [1.82, 2.24) is 20.4 Å². The quantitative estimate of drug-likeness (QED) is 0.230. The molecule has 2 N–H and O–H groups in total. The smallest absolute Gasteiger partial charge is 0.275 e. The van der Waals surface area contributed by atoms with E-state index in [0.29, 0.717) is 46.6 Å². The predicted molar refractivity (Wildman–Crippen MR) is 168 cm³/mol. The van der Waals surface area contributed by atoms with Gasteiger partial charge in [-0.1, -0.05) is 60.6 Å². The van der Waals surface area contributed by atoms with Crippen molar-refractivity contribution in [3.8, 4) is 11.4 Å². The van der Waals surface area contributed by atoms with E-state index < -0.39 is 0 Å². The fraction of sp³-hybridized carbons (Fsp3) is 0.303. The standard InChI is InChI=1S/C33H35ClN4O3S/c1-22(16-19-36-32(39)30-21-35-18-17-28(30)23-6-4-3-5-7-23)29-20-31(42-27-14-8-24(34)9-15-27)37-38(33(29)40)25-10-12-26(41-2)13-11-25/h3-15,20,22,28,30,35H,16-19,21H2,1-2H3,(H,36,39)/t22?,28-,30+/m1/s1. The summed E-state index contributed by atoms with van der Waals surface area (Å²) in [6, 6.07) is 26.9. The van der Waals surface area contributed by atoms with Crippen molar-refractivity contribution in [1.29, 1.82) is 0 Å². The average molecular weight is 603 g/mol. The van der Waals surface area contributed by atoms with Gasteiger partial charge in [-0.25, -0.2) is 0 Å². The number of methoxy groups -OCH3 is 1. The number of halogens is 1. The highest BCUT2D eigenvalue weighted by Crippen LogP contribution is 2.31. The molecule has 0 aliphatic carbocycles. The molecule has 0 radical (unpaired) electrons. The Morgan fingerprint density at radius 2 is 1.86 bits per heavy atom. The van der Waals surface area contributed by atoms with Crippen LogP contribution in [0, 0.1) is 5.92 Å². The zero-order valence-corrected chi connectivity index (χ0v) is 25.3. The van der Waals surface area contributed by atoms with Crippen molar-refractivity contribution in [2.75, 3.05) is 26.7 Å². The van der Waals surface area contributed by atoms with Crippen LogP contribution in [-0.4, -0.2) is 42.4 Å². The normalized spacial score (nSPS) is 17.4. The Morgan fingerprint density at radius 3 is 2.57 bits per heavy atom. The fourth-order valence-corrected chi connectivity index (χ4v) is 6.29. The molecule has 0 spiro atoms. The monoisotopic (exact) mass is 602 g/mol. The van der Waals surface area contributed by atoms with Crippen LogP contribution in [-0.2, 0) is 4.79 Å². The lowest BCUT2D eigenvalue weighted by molar-refractivity contribution is -0.126. The number of aromatic nitrogens is 2. The van der Waals surface area contributed by atoms with Gasteiger partial charge >= 0.3 is 0 Å². The minimum atomic E-state index is -0.180. The molecule has 1 aliphatic rings. The highest BCUT2D eigenvalue weighted by molar-refractivity contribution is 7.99. The summed E-state index contributed by atoms with van der Waals surface area (Å²) in [6.07, 6.45) is 1.54. The molecule has 5 rings (SSSR count). The van der Waals surface area contributed by atoms with E-state index >= 15 is 0 Å². The van der Waals surface area contributed by atoms with Crippen molar-refractivity contribution in [2.45, 2.75) is 41.5 Å². The number of rotatable bonds is 10. The van der Waals surface area contributed by atoms with Gasteiger partial charge < -0.3 is 15.4 Å². The summed E-state index contributed by atoms with van der Waals surface area (Å²) in [6.45, 7) is 4.05. The third kappa shape index (κ3) is 7.24. The summed E-state index contributed by atoms with van der Waals surface area (Å²) in [7, 11) is 1.61. The minimum Gasteiger partial charge on any atom is -0.497 e. The summed E-state index contributed by atoms with van der Waals surface area (Å²) in [4.78, 5) is 28.0. The van der Waals surface area contributed by atoms with E-state index in [4.69, 9.17) is 16.3 Å². The summed E-state index contributed by atoms with van der Waals surface area (Å²) >= 11 is 7.55. The molecule has 1 aliphatic heterocycles. The maximum Gasteiger partial charge on any atom is 0.275 e. The number of ether oxygens (including phenoxy) is 1. The summed E-state index contributed by atoms with van der Waals surface area (Å²) < 4.78 is 6.73. The van der Waals surface area contributed by atoms with Gasteiger partial charge in [-0.15, -0.1) is 0 Å². The Kier molecular flexibility index (Phi) is 10.00. The fourth-order valence-electron chi connectivity index (χ4n) is 5.35. The van der Waals surface area contributed by atoms with Crippen LogP contribution in [0.1, 0.15) is 42.7 Å². The van der Waals surface area contributed by atoms with Gasteiger partial charge in [-0.3, -0.25) is 9.59 Å². The lowest BCUT2D eigenvalue weighted by Gasteiger charge is -2.31. The predicted octanol–water partition coefficient (Wildman–Crippen LogP) is 6.05. The van der Waals surface area contributed by atoms with E-state index in [-0.39, 0.29) is 29.2 Å². The van der Waals surface area contributed by atoms with Crippen molar-refractivity contribution < 1.29 is 9.53 Å². The Hall–Kier alpha value is -3.59. The molecule has 2 heterocycles. The Labute approximate surface area is 255 Å². The van der Waals surface area contributed by atoms with Crippen LogP contribution >= 0.6 is 23.4 Å². The van der Waals surface area contributed by atoms with Crippen LogP contribution in [0.4, 0.5) is 0 Å². The molecule has 1 saturated heterocycles. The Morgan fingerprint density at radius 1 is 1.12 bits per heavy atom. The SMILES string of the molecule is COc1ccc(-n2nc(Sc3ccc(Cl)cc3)cc(C(C)CCNC(=O)[C@H]3CNCC[C@@H]3c3ccccc3)c2=O)cc1. The molecule has 1 unspecified atom stereocenters. The van der Waals surface area contributed by atoms with E-state index in [1.165, 1.54) is 22.0 Å². The van der Waals surface area contributed by atoms with Gasteiger partial charge in [-0.05, 0) is 91.4 Å². The lowest BCUT2D eigenvalue weighted by atomic mass is 9.80. The van der Waals surface area contributed by atoms with E-state index in [9.17, 15) is 9.59 Å². The van der Waals surface area contributed by atoms with Gasteiger partial charge in [0.1, 0.15) is 10.8 Å². The Bertz CT molecular complexity index is 1540. The largest absolute Gasteiger partial charge is 0.497 e. The van der Waals surface area contributed by atoms with E-state index in [1.54, 1.807) is 7.11 Å². The summed E-state index contributed by atoms with van der Waals surface area (Å²) in [5, 5.41) is 12.6. The second-order valence-corrected chi connectivity index (χ2v) is 12.0. The van der Waals surface area contributed by atoms with Crippen molar-refractivity contribution >= 4 is 29.3 Å². The number of carbonyl (C=O) groups excluding carboxylic acids is 1. The van der Waals surface area contributed by atoms with Gasteiger partial charge in [0.15, 0.2) is 0 Å². The maximum absolute atomic E-state index is 13.7. The average Bonchev–Trinajstić information content (AvgIpc) is 3.03. The van der Waals surface area contributed by atoms with Gasteiger partial charge in [0.2, 0.25) is 5.91 Å². The third-order valence-corrected chi connectivity index (χ3v) is 8.89. The first-order valence-electron chi connectivity index (χ1n) is 14.2. The minimum absolute atomic E-state index is 0.0487. The van der Waals surface area contributed by atoms with E-state index in [1.807, 2.05) is 79.7 Å². The van der Waals surface area contributed by atoms with Gasteiger partial charge in [0, 0.05) is 28.6 Å². The first-order valence-corrected chi connectivity index (χ1v) is 15.4. The van der Waals surface area contributed by atoms with Crippen LogP contribution < -0.4 is 20.9 Å². The molecule has 3 aromatic carbocycles. The first kappa shape index (κ1) is 29.9. The van der Waals surface area contributed by atoms with Gasteiger partial charge in [0.05, 0.1) is 18.7 Å². The number of nitrogens with zero attached hydrogens (tertiary/aromatic N) is 2.